The maximum Gasteiger partial charge on any atom is 0.252 e. The lowest BCUT2D eigenvalue weighted by molar-refractivity contribution is 0.0930. The van der Waals surface area contributed by atoms with Crippen molar-refractivity contribution in [3.63, 3.8) is 0 Å². The van der Waals surface area contributed by atoms with Gasteiger partial charge in [0.2, 0.25) is 0 Å². The van der Waals surface area contributed by atoms with Gasteiger partial charge in [-0.1, -0.05) is 30.3 Å². The monoisotopic (exact) mass is 404 g/mol. The molecule has 156 valence electrons. The number of hydrogen-bond acceptors (Lipinski definition) is 4. The predicted molar refractivity (Wildman–Crippen MR) is 119 cm³/mol. The van der Waals surface area contributed by atoms with Gasteiger partial charge in [0.25, 0.3) is 5.91 Å². The van der Waals surface area contributed by atoms with Gasteiger partial charge in [-0.25, -0.2) is 0 Å². The van der Waals surface area contributed by atoms with Crippen LogP contribution < -0.4 is 10.1 Å². The molecule has 0 saturated heterocycles. The molecule has 0 bridgehead atoms. The lowest BCUT2D eigenvalue weighted by atomic mass is 9.96. The van der Waals surface area contributed by atoms with E-state index in [0.29, 0.717) is 17.9 Å². The molecule has 2 N–H and O–H groups in total. The summed E-state index contributed by atoms with van der Waals surface area (Å²) in [6, 6.07) is 17.1. The maximum atomic E-state index is 13.2. The lowest BCUT2D eigenvalue weighted by Crippen LogP contribution is -2.35. The Bertz CT molecular complexity index is 1090. The fourth-order valence-electron chi connectivity index (χ4n) is 3.83. The van der Waals surface area contributed by atoms with E-state index in [4.69, 9.17) is 4.74 Å². The second-order valence-corrected chi connectivity index (χ2v) is 8.38. The van der Waals surface area contributed by atoms with E-state index in [0.717, 1.165) is 41.3 Å². The fourth-order valence-corrected chi connectivity index (χ4v) is 3.83. The summed E-state index contributed by atoms with van der Waals surface area (Å²) in [5.74, 6) is 0.836. The van der Waals surface area contributed by atoms with Gasteiger partial charge in [0.15, 0.2) is 0 Å². The molecule has 0 aromatic heterocycles. The van der Waals surface area contributed by atoms with E-state index in [-0.39, 0.29) is 11.7 Å². The van der Waals surface area contributed by atoms with Crippen LogP contribution in [0.15, 0.2) is 54.6 Å². The molecule has 1 amide bonds. The van der Waals surface area contributed by atoms with Crippen LogP contribution in [-0.2, 0) is 5.54 Å². The molecule has 4 rings (SSSR count). The van der Waals surface area contributed by atoms with Crippen LogP contribution in [0.5, 0.6) is 11.5 Å². The first-order valence-corrected chi connectivity index (χ1v) is 10.3. The zero-order valence-electron chi connectivity index (χ0n) is 17.7. The molecule has 0 radical (unpaired) electrons. The molecule has 0 aliphatic heterocycles. The smallest absolute Gasteiger partial charge is 0.252 e. The van der Waals surface area contributed by atoms with E-state index in [9.17, 15) is 9.90 Å². The number of carbonyl (C=O) groups excluding carboxylic acids is 1. The van der Waals surface area contributed by atoms with Crippen molar-refractivity contribution in [2.45, 2.75) is 25.3 Å². The van der Waals surface area contributed by atoms with Crippen LogP contribution in [0.4, 0.5) is 0 Å². The van der Waals surface area contributed by atoms with Crippen LogP contribution in [0.25, 0.3) is 10.8 Å². The maximum absolute atomic E-state index is 13.2. The van der Waals surface area contributed by atoms with Gasteiger partial charge in [-0.05, 0) is 80.0 Å². The minimum Gasteiger partial charge on any atom is -0.508 e. The summed E-state index contributed by atoms with van der Waals surface area (Å²) in [7, 11) is 4.00. The van der Waals surface area contributed by atoms with Crippen molar-refractivity contribution in [2.75, 3.05) is 27.2 Å². The summed E-state index contributed by atoms with van der Waals surface area (Å²) in [6.45, 7) is 3.32. The highest BCUT2D eigenvalue weighted by Crippen LogP contribution is 2.48. The highest BCUT2D eigenvalue weighted by molar-refractivity contribution is 5.97. The molecule has 0 heterocycles. The summed E-state index contributed by atoms with van der Waals surface area (Å²) in [6.07, 6.45) is 1.76. The van der Waals surface area contributed by atoms with Gasteiger partial charge in [-0.2, -0.15) is 0 Å². The molecule has 1 saturated carbocycles. The number of fused-ring (bicyclic) bond motifs is 1. The molecule has 3 aromatic carbocycles. The number of aromatic hydroxyl groups is 1. The number of ether oxygens (including phenoxy) is 1. The number of aryl methyl sites for hydroxylation is 1. The van der Waals surface area contributed by atoms with Gasteiger partial charge in [-0.15, -0.1) is 0 Å². The molecule has 0 atom stereocenters. The zero-order chi connectivity index (χ0) is 21.3. The van der Waals surface area contributed by atoms with Crippen LogP contribution in [0.1, 0.15) is 34.3 Å². The number of phenols is 1. The van der Waals surface area contributed by atoms with Crippen LogP contribution in [0.3, 0.4) is 0 Å². The molecule has 3 aromatic rings. The number of likely N-dealkylation sites (N-methyl/N-ethyl adjacent to an activating group) is 1. The highest BCUT2D eigenvalue weighted by Gasteiger charge is 2.46. The molecule has 5 heteroatoms. The Balaban J connectivity index is 1.58. The standard InChI is InChI=1S/C25H28N2O3/c1-17-7-10-20(30-14-13-27(2)3)16-21(17)24(29)26-25(11-12-25)23-6-4-5-18-8-9-19(28)15-22(18)23/h4-10,15-16,28H,11-14H2,1-3H3,(H,26,29). The number of amides is 1. The molecule has 1 fully saturated rings. The largest absolute Gasteiger partial charge is 0.508 e. The van der Waals surface area contributed by atoms with Gasteiger partial charge in [0.1, 0.15) is 18.1 Å². The number of phenolic OH excluding ortho intramolecular Hbond substituents is 1. The van der Waals surface area contributed by atoms with E-state index < -0.39 is 5.54 Å². The molecular formula is C25H28N2O3. The average molecular weight is 405 g/mol. The summed E-state index contributed by atoms with van der Waals surface area (Å²) in [5, 5.41) is 15.3. The minimum atomic E-state index is -0.390. The number of nitrogens with one attached hydrogen (secondary N) is 1. The van der Waals surface area contributed by atoms with Gasteiger partial charge < -0.3 is 20.1 Å². The number of benzene rings is 3. The second-order valence-electron chi connectivity index (χ2n) is 8.38. The quantitative estimate of drug-likeness (QED) is 0.619. The van der Waals surface area contributed by atoms with E-state index in [1.54, 1.807) is 12.1 Å². The third kappa shape index (κ3) is 4.12. The topological polar surface area (TPSA) is 61.8 Å². The van der Waals surface area contributed by atoms with E-state index in [1.165, 1.54) is 0 Å². The molecule has 0 unspecified atom stereocenters. The second kappa shape index (κ2) is 8.00. The van der Waals surface area contributed by atoms with Gasteiger partial charge >= 0.3 is 0 Å². The van der Waals surface area contributed by atoms with E-state index in [2.05, 4.69) is 10.2 Å². The Morgan fingerprint density at radius 3 is 2.67 bits per heavy atom. The van der Waals surface area contributed by atoms with Crippen molar-refractivity contribution in [3.05, 3.63) is 71.3 Å². The van der Waals surface area contributed by atoms with Crippen LogP contribution >= 0.6 is 0 Å². The van der Waals surface area contributed by atoms with Crippen molar-refractivity contribution >= 4 is 16.7 Å². The predicted octanol–water partition coefficient (Wildman–Crippen LogP) is 4.21. The Morgan fingerprint density at radius 1 is 1.13 bits per heavy atom. The Kier molecular flexibility index (Phi) is 5.39. The third-order valence-electron chi connectivity index (χ3n) is 5.74. The molecule has 30 heavy (non-hydrogen) atoms. The lowest BCUT2D eigenvalue weighted by Gasteiger charge is -2.21. The van der Waals surface area contributed by atoms with E-state index in [1.807, 2.05) is 63.5 Å². The summed E-state index contributed by atoms with van der Waals surface area (Å²) >= 11 is 0. The van der Waals surface area contributed by atoms with Gasteiger partial charge in [0.05, 0.1) is 5.54 Å². The number of carbonyl (C=O) groups is 1. The van der Waals surface area contributed by atoms with Crippen LogP contribution in [0.2, 0.25) is 0 Å². The first kappa shape index (κ1) is 20.2. The Hall–Kier alpha value is -3.05. The average Bonchev–Trinajstić information content (AvgIpc) is 3.48. The van der Waals surface area contributed by atoms with Gasteiger partial charge in [-0.3, -0.25) is 4.79 Å². The summed E-state index contributed by atoms with van der Waals surface area (Å²) in [5.41, 5.74) is 2.21. The SMILES string of the molecule is Cc1ccc(OCCN(C)C)cc1C(=O)NC1(c2cccc3ccc(O)cc23)CC1. The normalized spacial score (nSPS) is 14.7. The van der Waals surface area contributed by atoms with Crippen molar-refractivity contribution in [2.24, 2.45) is 0 Å². The summed E-state index contributed by atoms with van der Waals surface area (Å²) in [4.78, 5) is 15.3. The number of hydrogen-bond donors (Lipinski definition) is 2. The highest BCUT2D eigenvalue weighted by atomic mass is 16.5. The van der Waals surface area contributed by atoms with Gasteiger partial charge in [0, 0.05) is 12.1 Å². The third-order valence-corrected chi connectivity index (χ3v) is 5.74. The Morgan fingerprint density at radius 2 is 1.93 bits per heavy atom. The van der Waals surface area contributed by atoms with Crippen molar-refractivity contribution in [1.29, 1.82) is 0 Å². The summed E-state index contributed by atoms with van der Waals surface area (Å²) < 4.78 is 5.81. The molecule has 0 spiro atoms. The van der Waals surface area contributed by atoms with Crippen molar-refractivity contribution in [3.8, 4) is 11.5 Å². The number of nitrogens with zero attached hydrogens (tertiary/aromatic N) is 1. The minimum absolute atomic E-state index is 0.0970. The molecular weight excluding hydrogens is 376 g/mol. The first-order valence-electron chi connectivity index (χ1n) is 10.3. The van der Waals surface area contributed by atoms with E-state index >= 15 is 0 Å². The zero-order valence-corrected chi connectivity index (χ0v) is 17.7. The first-order chi connectivity index (χ1) is 14.4. The molecule has 5 nitrogen and oxygen atoms in total. The fraction of sp³-hybridized carbons (Fsp3) is 0.320. The Labute approximate surface area is 177 Å². The van der Waals surface area contributed by atoms with Crippen LogP contribution in [-0.4, -0.2) is 43.2 Å². The van der Waals surface area contributed by atoms with Crippen LogP contribution in [0, 0.1) is 6.92 Å². The molecule has 1 aliphatic carbocycles. The van der Waals surface area contributed by atoms with Crippen molar-refractivity contribution < 1.29 is 14.6 Å². The number of rotatable bonds is 7. The molecule has 1 aliphatic rings. The van der Waals surface area contributed by atoms with Crippen molar-refractivity contribution in [1.82, 2.24) is 10.2 Å².